The Hall–Kier alpha value is -2.00. The second-order valence-corrected chi connectivity index (χ2v) is 4.58. The fourth-order valence-corrected chi connectivity index (χ4v) is 2.07. The van der Waals surface area contributed by atoms with E-state index in [0.717, 1.165) is 0 Å². The Morgan fingerprint density at radius 3 is 2.71 bits per heavy atom. The molecule has 21 heavy (non-hydrogen) atoms. The average molecular weight is 322 g/mol. The Balaban J connectivity index is 1.94. The number of ether oxygens (including phenoxy) is 2. The van der Waals surface area contributed by atoms with Crippen LogP contribution in [0.2, 0.25) is 5.02 Å². The molecule has 0 saturated carbocycles. The van der Waals surface area contributed by atoms with Gasteiger partial charge >= 0.3 is 12.1 Å². The molecule has 1 unspecified atom stereocenters. The van der Waals surface area contributed by atoms with Gasteiger partial charge in [0.2, 0.25) is 6.79 Å². The van der Waals surface area contributed by atoms with Crippen LogP contribution >= 0.6 is 11.6 Å². The molecule has 10 heteroatoms. The SMILES string of the molecule is NC(c1cc(Cl)c2c(c1)OCO2)c1noc(C(F)(F)F)n1. The molecule has 0 bridgehead atoms. The summed E-state index contributed by atoms with van der Waals surface area (Å²) < 4.78 is 51.7. The minimum Gasteiger partial charge on any atom is -0.454 e. The molecule has 1 atom stereocenters. The zero-order valence-electron chi connectivity index (χ0n) is 10.1. The fourth-order valence-electron chi connectivity index (χ4n) is 1.79. The molecule has 1 aromatic heterocycles. The molecule has 2 heterocycles. The van der Waals surface area contributed by atoms with E-state index in [0.29, 0.717) is 17.1 Å². The van der Waals surface area contributed by atoms with Crippen molar-refractivity contribution in [3.05, 3.63) is 34.4 Å². The Labute approximate surface area is 120 Å². The first-order chi connectivity index (χ1) is 9.86. The van der Waals surface area contributed by atoms with Gasteiger partial charge in [0, 0.05) is 0 Å². The van der Waals surface area contributed by atoms with Crippen molar-refractivity contribution >= 4 is 11.6 Å². The maximum Gasteiger partial charge on any atom is 0.471 e. The van der Waals surface area contributed by atoms with Crippen molar-refractivity contribution in [1.82, 2.24) is 10.1 Å². The first-order valence-electron chi connectivity index (χ1n) is 5.61. The molecule has 2 aromatic rings. The summed E-state index contributed by atoms with van der Waals surface area (Å²) in [6.07, 6.45) is -4.72. The van der Waals surface area contributed by atoms with E-state index >= 15 is 0 Å². The predicted molar refractivity (Wildman–Crippen MR) is 62.9 cm³/mol. The lowest BCUT2D eigenvalue weighted by atomic mass is 10.1. The zero-order chi connectivity index (χ0) is 15.2. The highest BCUT2D eigenvalue weighted by molar-refractivity contribution is 6.32. The van der Waals surface area contributed by atoms with Gasteiger partial charge in [-0.1, -0.05) is 16.8 Å². The van der Waals surface area contributed by atoms with Crippen molar-refractivity contribution in [2.24, 2.45) is 5.73 Å². The van der Waals surface area contributed by atoms with Gasteiger partial charge in [-0.05, 0) is 17.7 Å². The number of fused-ring (bicyclic) bond motifs is 1. The maximum atomic E-state index is 12.4. The number of nitrogens with zero attached hydrogens (tertiary/aromatic N) is 2. The first kappa shape index (κ1) is 14.0. The number of alkyl halides is 3. The highest BCUT2D eigenvalue weighted by Gasteiger charge is 2.39. The lowest BCUT2D eigenvalue weighted by molar-refractivity contribution is -0.159. The van der Waals surface area contributed by atoms with Gasteiger partial charge in [-0.2, -0.15) is 18.2 Å². The second kappa shape index (κ2) is 4.78. The normalized spacial score (nSPS) is 15.3. The Bertz CT molecular complexity index is 689. The topological polar surface area (TPSA) is 83.4 Å². The lowest BCUT2D eigenvalue weighted by Gasteiger charge is -2.09. The van der Waals surface area contributed by atoms with Gasteiger partial charge in [0.05, 0.1) is 11.1 Å². The van der Waals surface area contributed by atoms with Gasteiger partial charge in [-0.25, -0.2) is 0 Å². The number of rotatable bonds is 2. The summed E-state index contributed by atoms with van der Waals surface area (Å²) in [5.41, 5.74) is 6.20. The molecule has 1 aliphatic heterocycles. The van der Waals surface area contributed by atoms with E-state index in [1.807, 2.05) is 0 Å². The third-order valence-electron chi connectivity index (χ3n) is 2.77. The number of hydrogen-bond acceptors (Lipinski definition) is 6. The van der Waals surface area contributed by atoms with Crippen LogP contribution in [-0.4, -0.2) is 16.9 Å². The number of nitrogens with two attached hydrogens (primary N) is 1. The van der Waals surface area contributed by atoms with Gasteiger partial charge < -0.3 is 19.7 Å². The van der Waals surface area contributed by atoms with Crippen molar-refractivity contribution in [3.63, 3.8) is 0 Å². The summed E-state index contributed by atoms with van der Waals surface area (Å²) >= 11 is 5.98. The van der Waals surface area contributed by atoms with E-state index in [1.165, 1.54) is 12.1 Å². The largest absolute Gasteiger partial charge is 0.471 e. The van der Waals surface area contributed by atoms with Crippen LogP contribution in [0.15, 0.2) is 16.7 Å². The van der Waals surface area contributed by atoms with Crippen molar-refractivity contribution in [2.75, 3.05) is 6.79 Å². The van der Waals surface area contributed by atoms with E-state index in [2.05, 4.69) is 14.7 Å². The van der Waals surface area contributed by atoms with Crippen LogP contribution in [-0.2, 0) is 6.18 Å². The monoisotopic (exact) mass is 321 g/mol. The molecule has 6 nitrogen and oxygen atoms in total. The third kappa shape index (κ3) is 2.49. The van der Waals surface area contributed by atoms with Crippen LogP contribution in [0.5, 0.6) is 11.5 Å². The Morgan fingerprint density at radius 2 is 2.05 bits per heavy atom. The molecule has 0 spiro atoms. The molecule has 0 saturated heterocycles. The van der Waals surface area contributed by atoms with E-state index in [-0.39, 0.29) is 17.6 Å². The smallest absolute Gasteiger partial charge is 0.454 e. The highest BCUT2D eigenvalue weighted by Crippen LogP contribution is 2.41. The van der Waals surface area contributed by atoms with Gasteiger partial charge in [0.1, 0.15) is 0 Å². The van der Waals surface area contributed by atoms with Crippen LogP contribution in [0.25, 0.3) is 0 Å². The van der Waals surface area contributed by atoms with Crippen molar-refractivity contribution in [1.29, 1.82) is 0 Å². The molecule has 2 N–H and O–H groups in total. The maximum absolute atomic E-state index is 12.4. The van der Waals surface area contributed by atoms with Crippen LogP contribution in [0.1, 0.15) is 23.3 Å². The highest BCUT2D eigenvalue weighted by atomic mass is 35.5. The number of benzene rings is 1. The predicted octanol–water partition coefficient (Wildman–Crippen LogP) is 2.52. The molecule has 0 fully saturated rings. The van der Waals surface area contributed by atoms with Gasteiger partial charge in [0.15, 0.2) is 17.3 Å². The standard InChI is InChI=1S/C11H7ClF3N3O3/c12-5-1-4(2-6-8(5)20-3-19-6)7(16)9-17-10(21-18-9)11(13,14)15/h1-2,7H,3,16H2. The average Bonchev–Trinajstić information content (AvgIpc) is 3.05. The minimum absolute atomic E-state index is 0.00811. The second-order valence-electron chi connectivity index (χ2n) is 4.17. The zero-order valence-corrected chi connectivity index (χ0v) is 10.9. The molecule has 1 aliphatic rings. The van der Waals surface area contributed by atoms with Crippen LogP contribution in [0.3, 0.4) is 0 Å². The quantitative estimate of drug-likeness (QED) is 0.915. The molecular weight excluding hydrogens is 315 g/mol. The summed E-state index contributed by atoms with van der Waals surface area (Å²) in [7, 11) is 0. The van der Waals surface area contributed by atoms with Crippen LogP contribution in [0.4, 0.5) is 13.2 Å². The summed E-state index contributed by atoms with van der Waals surface area (Å²) in [4.78, 5) is 3.24. The van der Waals surface area contributed by atoms with Crippen molar-refractivity contribution in [2.45, 2.75) is 12.2 Å². The van der Waals surface area contributed by atoms with Gasteiger partial charge in [-0.3, -0.25) is 0 Å². The summed E-state index contributed by atoms with van der Waals surface area (Å²) in [5.74, 6) is -1.05. The summed E-state index contributed by atoms with van der Waals surface area (Å²) in [5, 5.41) is 3.47. The van der Waals surface area contributed by atoms with Gasteiger partial charge in [0.25, 0.3) is 0 Å². The Kier molecular flexibility index (Phi) is 3.18. The molecule has 3 rings (SSSR count). The summed E-state index contributed by atoms with van der Waals surface area (Å²) in [6, 6.07) is 1.91. The Morgan fingerprint density at radius 1 is 1.29 bits per heavy atom. The van der Waals surface area contributed by atoms with E-state index in [4.69, 9.17) is 26.8 Å². The summed E-state index contributed by atoms with van der Waals surface area (Å²) in [6.45, 7) is 0.00811. The fraction of sp³-hybridized carbons (Fsp3) is 0.273. The van der Waals surface area contributed by atoms with E-state index < -0.39 is 18.1 Å². The number of aromatic nitrogens is 2. The molecule has 1 aromatic carbocycles. The molecular formula is C11H7ClF3N3O3. The number of halogens is 4. The van der Waals surface area contributed by atoms with E-state index in [9.17, 15) is 13.2 Å². The van der Waals surface area contributed by atoms with Crippen LogP contribution < -0.4 is 15.2 Å². The molecule has 0 aliphatic carbocycles. The third-order valence-corrected chi connectivity index (χ3v) is 3.05. The molecule has 0 radical (unpaired) electrons. The molecule has 0 amide bonds. The van der Waals surface area contributed by atoms with Crippen molar-refractivity contribution in [3.8, 4) is 11.5 Å². The number of hydrogen-bond donors (Lipinski definition) is 1. The molecule has 112 valence electrons. The lowest BCUT2D eigenvalue weighted by Crippen LogP contribution is -2.14. The van der Waals surface area contributed by atoms with E-state index in [1.54, 1.807) is 0 Å². The minimum atomic E-state index is -4.72. The van der Waals surface area contributed by atoms with Crippen LogP contribution in [0, 0.1) is 0 Å². The van der Waals surface area contributed by atoms with Crippen molar-refractivity contribution < 1.29 is 27.2 Å². The first-order valence-corrected chi connectivity index (χ1v) is 5.99. The van der Waals surface area contributed by atoms with Gasteiger partial charge in [-0.15, -0.1) is 0 Å².